The van der Waals surface area contributed by atoms with Crippen LogP contribution in [0.2, 0.25) is 0 Å². The lowest BCUT2D eigenvalue weighted by molar-refractivity contribution is -0.118. The molecule has 7 heteroatoms. The number of carbonyl (C=O) groups is 1. The fraction of sp³-hybridized carbons (Fsp3) is 0.769. The zero-order valence-electron chi connectivity index (χ0n) is 11.4. The molecule has 20 heavy (non-hydrogen) atoms. The predicted molar refractivity (Wildman–Crippen MR) is 75.4 cm³/mol. The largest absolute Gasteiger partial charge is 0.396 e. The molecule has 110 valence electrons. The third-order valence-electron chi connectivity index (χ3n) is 4.07. The zero-order valence-corrected chi connectivity index (χ0v) is 12.2. The van der Waals surface area contributed by atoms with E-state index in [2.05, 4.69) is 20.1 Å². The molecule has 2 N–H and O–H groups in total. The Kier molecular flexibility index (Phi) is 3.98. The van der Waals surface area contributed by atoms with Crippen LogP contribution in [-0.4, -0.2) is 44.7 Å². The Balaban J connectivity index is 1.42. The predicted octanol–water partition coefficient (Wildman–Crippen LogP) is 0.984. The smallest absolute Gasteiger partial charge is 0.230 e. The molecule has 2 fully saturated rings. The van der Waals surface area contributed by atoms with Gasteiger partial charge in [0, 0.05) is 19.2 Å². The van der Waals surface area contributed by atoms with Gasteiger partial charge in [0.05, 0.1) is 5.75 Å². The first kappa shape index (κ1) is 13.9. The van der Waals surface area contributed by atoms with Crippen molar-refractivity contribution in [3.05, 3.63) is 6.33 Å². The van der Waals surface area contributed by atoms with Crippen LogP contribution in [0.5, 0.6) is 0 Å². The third kappa shape index (κ3) is 3.32. The highest BCUT2D eigenvalue weighted by molar-refractivity contribution is 7.99. The number of aromatic nitrogens is 3. The second kappa shape index (κ2) is 5.73. The first-order chi connectivity index (χ1) is 9.72. The number of aliphatic hydroxyl groups excluding tert-OH is 1. The van der Waals surface area contributed by atoms with Gasteiger partial charge in [0.1, 0.15) is 6.33 Å². The van der Waals surface area contributed by atoms with E-state index in [1.54, 1.807) is 6.33 Å². The van der Waals surface area contributed by atoms with E-state index in [1.165, 1.54) is 24.6 Å². The molecular weight excluding hydrogens is 276 g/mol. The van der Waals surface area contributed by atoms with Crippen molar-refractivity contribution in [1.82, 2.24) is 20.1 Å². The molecule has 0 unspecified atom stereocenters. The molecule has 0 atom stereocenters. The highest BCUT2D eigenvalue weighted by Gasteiger charge is 2.41. The SMILES string of the molecule is O=C(CSc1nncn1C1CC1)NCC1(CCO)CC1. The van der Waals surface area contributed by atoms with Gasteiger partial charge in [-0.3, -0.25) is 4.79 Å². The summed E-state index contributed by atoms with van der Waals surface area (Å²) in [6.45, 7) is 0.886. The second-order valence-electron chi connectivity index (χ2n) is 5.79. The molecule has 0 radical (unpaired) electrons. The van der Waals surface area contributed by atoms with Crippen molar-refractivity contribution in [1.29, 1.82) is 0 Å². The van der Waals surface area contributed by atoms with Crippen molar-refractivity contribution in [3.8, 4) is 0 Å². The summed E-state index contributed by atoms with van der Waals surface area (Å²) in [6.07, 6.45) is 7.12. The van der Waals surface area contributed by atoms with E-state index < -0.39 is 0 Å². The molecular formula is C13H20N4O2S. The summed E-state index contributed by atoms with van der Waals surface area (Å²) in [4.78, 5) is 11.9. The number of rotatable bonds is 8. The monoisotopic (exact) mass is 296 g/mol. The lowest BCUT2D eigenvalue weighted by Crippen LogP contribution is -2.32. The van der Waals surface area contributed by atoms with Crippen LogP contribution in [0.25, 0.3) is 0 Å². The molecule has 1 aromatic rings. The number of hydrogen-bond donors (Lipinski definition) is 2. The third-order valence-corrected chi connectivity index (χ3v) is 5.03. The first-order valence-corrected chi connectivity index (χ1v) is 8.11. The van der Waals surface area contributed by atoms with Gasteiger partial charge in [-0.2, -0.15) is 0 Å². The van der Waals surface area contributed by atoms with Crippen LogP contribution in [0, 0.1) is 5.41 Å². The van der Waals surface area contributed by atoms with E-state index in [-0.39, 0.29) is 17.9 Å². The standard InChI is InChI=1S/C13H20N4O2S/c18-6-5-13(3-4-13)8-14-11(19)7-20-12-16-15-9-17(12)10-1-2-10/h9-10,18H,1-8H2,(H,14,19). The molecule has 6 nitrogen and oxygen atoms in total. The summed E-state index contributed by atoms with van der Waals surface area (Å²) in [5.74, 6) is 0.408. The molecule has 2 aliphatic rings. The van der Waals surface area contributed by atoms with Gasteiger partial charge < -0.3 is 15.0 Å². The molecule has 2 saturated carbocycles. The van der Waals surface area contributed by atoms with Crippen LogP contribution >= 0.6 is 11.8 Å². The van der Waals surface area contributed by atoms with Crippen molar-refractivity contribution >= 4 is 17.7 Å². The summed E-state index contributed by atoms with van der Waals surface area (Å²) in [6, 6.07) is 0.537. The number of carbonyl (C=O) groups excluding carboxylic acids is 1. The van der Waals surface area contributed by atoms with Crippen LogP contribution in [0.1, 0.15) is 38.1 Å². The Morgan fingerprint density at radius 3 is 3.00 bits per heavy atom. The minimum absolute atomic E-state index is 0.0320. The molecule has 1 heterocycles. The molecule has 0 spiro atoms. The highest BCUT2D eigenvalue weighted by atomic mass is 32.2. The summed E-state index contributed by atoms with van der Waals surface area (Å²) in [5.41, 5.74) is 0.170. The highest BCUT2D eigenvalue weighted by Crippen LogP contribution is 2.47. The maximum atomic E-state index is 11.9. The Morgan fingerprint density at radius 2 is 2.35 bits per heavy atom. The number of aliphatic hydroxyl groups is 1. The Bertz CT molecular complexity index is 482. The number of hydrogen-bond acceptors (Lipinski definition) is 5. The zero-order chi connectivity index (χ0) is 14.0. The van der Waals surface area contributed by atoms with E-state index in [4.69, 9.17) is 5.11 Å². The van der Waals surface area contributed by atoms with Gasteiger partial charge in [0.2, 0.25) is 5.91 Å². The van der Waals surface area contributed by atoms with E-state index in [0.29, 0.717) is 18.3 Å². The Morgan fingerprint density at radius 1 is 1.55 bits per heavy atom. The molecule has 3 rings (SSSR count). The van der Waals surface area contributed by atoms with Crippen LogP contribution in [0.15, 0.2) is 11.5 Å². The summed E-state index contributed by atoms with van der Waals surface area (Å²) >= 11 is 1.44. The van der Waals surface area contributed by atoms with Crippen molar-refractivity contribution in [2.75, 3.05) is 18.9 Å². The van der Waals surface area contributed by atoms with Crippen LogP contribution in [-0.2, 0) is 4.79 Å². The minimum atomic E-state index is 0.0320. The topological polar surface area (TPSA) is 80.0 Å². The number of nitrogens with zero attached hydrogens (tertiary/aromatic N) is 3. The molecule has 0 bridgehead atoms. The fourth-order valence-electron chi connectivity index (χ4n) is 2.33. The van der Waals surface area contributed by atoms with Gasteiger partial charge >= 0.3 is 0 Å². The van der Waals surface area contributed by atoms with Gasteiger partial charge in [-0.05, 0) is 37.5 Å². The lowest BCUT2D eigenvalue weighted by Gasteiger charge is -2.14. The van der Waals surface area contributed by atoms with Gasteiger partial charge in [-0.1, -0.05) is 11.8 Å². The van der Waals surface area contributed by atoms with Crippen molar-refractivity contribution in [3.63, 3.8) is 0 Å². The van der Waals surface area contributed by atoms with Gasteiger partial charge in [-0.15, -0.1) is 10.2 Å². The average Bonchev–Trinajstić information content (AvgIpc) is 3.36. The van der Waals surface area contributed by atoms with E-state index in [1.807, 2.05) is 0 Å². The molecule has 1 aromatic heterocycles. The maximum Gasteiger partial charge on any atom is 0.230 e. The second-order valence-corrected chi connectivity index (χ2v) is 6.73. The fourth-order valence-corrected chi connectivity index (χ4v) is 3.15. The Hall–Kier alpha value is -1.08. The van der Waals surface area contributed by atoms with Gasteiger partial charge in [0.25, 0.3) is 0 Å². The molecule has 0 aliphatic heterocycles. The number of amides is 1. The normalized spacial score (nSPS) is 19.9. The maximum absolute atomic E-state index is 11.9. The van der Waals surface area contributed by atoms with Crippen molar-refractivity contribution < 1.29 is 9.90 Å². The number of thioether (sulfide) groups is 1. The molecule has 2 aliphatic carbocycles. The molecule has 1 amide bonds. The summed E-state index contributed by atoms with van der Waals surface area (Å²) < 4.78 is 2.06. The molecule has 0 aromatic carbocycles. The van der Waals surface area contributed by atoms with Crippen molar-refractivity contribution in [2.24, 2.45) is 5.41 Å². The van der Waals surface area contributed by atoms with Crippen LogP contribution in [0.3, 0.4) is 0 Å². The summed E-state index contributed by atoms with van der Waals surface area (Å²) in [7, 11) is 0. The van der Waals surface area contributed by atoms with E-state index in [0.717, 1.165) is 24.4 Å². The summed E-state index contributed by atoms with van der Waals surface area (Å²) in [5, 5.41) is 20.8. The number of nitrogens with one attached hydrogen (secondary N) is 1. The molecule has 0 saturated heterocycles. The van der Waals surface area contributed by atoms with Crippen molar-refractivity contribution in [2.45, 2.75) is 43.3 Å². The first-order valence-electron chi connectivity index (χ1n) is 7.12. The minimum Gasteiger partial charge on any atom is -0.396 e. The van der Waals surface area contributed by atoms with Gasteiger partial charge in [0.15, 0.2) is 5.16 Å². The van der Waals surface area contributed by atoms with E-state index >= 15 is 0 Å². The average molecular weight is 296 g/mol. The van der Waals surface area contributed by atoms with Gasteiger partial charge in [-0.25, -0.2) is 0 Å². The Labute approximate surface area is 122 Å². The van der Waals surface area contributed by atoms with E-state index in [9.17, 15) is 4.79 Å². The quantitative estimate of drug-likeness (QED) is 0.699. The lowest BCUT2D eigenvalue weighted by atomic mass is 10.0. The van der Waals surface area contributed by atoms with Crippen LogP contribution < -0.4 is 5.32 Å². The van der Waals surface area contributed by atoms with Crippen LogP contribution in [0.4, 0.5) is 0 Å².